The van der Waals surface area contributed by atoms with E-state index in [1.807, 2.05) is 0 Å². The van der Waals surface area contributed by atoms with Gasteiger partial charge in [0.15, 0.2) is 0 Å². The molecule has 3 fully saturated rings. The van der Waals surface area contributed by atoms with Gasteiger partial charge in [0.05, 0.1) is 67.3 Å². The zero-order valence-corrected chi connectivity index (χ0v) is 15.5. The van der Waals surface area contributed by atoms with Crippen LogP contribution in [0.1, 0.15) is 6.42 Å². The molecule has 0 aromatic rings. The van der Waals surface area contributed by atoms with Crippen molar-refractivity contribution in [3.63, 3.8) is 0 Å². The lowest BCUT2D eigenvalue weighted by molar-refractivity contribution is -0.870. The first-order chi connectivity index (χ1) is 10.9. The fourth-order valence-electron chi connectivity index (χ4n) is 2.26. The fraction of sp³-hybridized carbons (Fsp3) is 1.00. The van der Waals surface area contributed by atoms with Gasteiger partial charge < -0.3 is 32.0 Å². The lowest BCUT2D eigenvalue weighted by atomic mass is 10.4. The maximum absolute atomic E-state index is 6.18. The van der Waals surface area contributed by atoms with Crippen molar-refractivity contribution < 1.29 is 32.0 Å². The summed E-state index contributed by atoms with van der Waals surface area (Å²) in [6.45, 7) is 5.09. The Labute approximate surface area is 139 Å². The van der Waals surface area contributed by atoms with Crippen LogP contribution in [0.4, 0.5) is 0 Å². The molecule has 8 heteroatoms. The van der Waals surface area contributed by atoms with Crippen molar-refractivity contribution in [3.8, 4) is 0 Å². The van der Waals surface area contributed by atoms with Gasteiger partial charge in [-0.15, -0.1) is 0 Å². The standard InChI is InChI=1S/C15H30NO6Si/c1-16(2,3)5-4-6-23(20-10-13-7-17-13,21-11-14-8-18-14)22-12-15-9-19-15/h13-15H,4-12H2,1-3H3/q+1. The predicted octanol–water partition coefficient (Wildman–Crippen LogP) is 0.268. The van der Waals surface area contributed by atoms with Crippen LogP contribution in [0.2, 0.25) is 6.04 Å². The summed E-state index contributed by atoms with van der Waals surface area (Å²) in [7, 11) is 3.87. The Morgan fingerprint density at radius 3 is 1.52 bits per heavy atom. The molecule has 0 aromatic heterocycles. The molecule has 3 aliphatic heterocycles. The molecule has 3 heterocycles. The fourth-order valence-corrected chi connectivity index (χ4v) is 4.86. The van der Waals surface area contributed by atoms with E-state index in [9.17, 15) is 0 Å². The van der Waals surface area contributed by atoms with Gasteiger partial charge in [-0.05, 0) is 0 Å². The first-order valence-electron chi connectivity index (χ1n) is 8.51. The molecule has 0 N–H and O–H groups in total. The molecule has 3 unspecified atom stereocenters. The van der Waals surface area contributed by atoms with E-state index in [2.05, 4.69) is 21.1 Å². The number of nitrogens with zero attached hydrogens (tertiary/aromatic N) is 1. The Hall–Kier alpha value is -0.0631. The van der Waals surface area contributed by atoms with Crippen LogP contribution in [0.5, 0.6) is 0 Å². The topological polar surface area (TPSA) is 65.3 Å². The van der Waals surface area contributed by atoms with Gasteiger partial charge in [0.1, 0.15) is 18.3 Å². The highest BCUT2D eigenvalue weighted by Crippen LogP contribution is 2.25. The highest BCUT2D eigenvalue weighted by Gasteiger charge is 2.46. The number of hydrogen-bond donors (Lipinski definition) is 0. The van der Waals surface area contributed by atoms with Gasteiger partial charge in [-0.2, -0.15) is 0 Å². The van der Waals surface area contributed by atoms with E-state index < -0.39 is 8.80 Å². The van der Waals surface area contributed by atoms with Crippen molar-refractivity contribution in [2.75, 3.05) is 67.3 Å². The Balaban J connectivity index is 1.54. The first kappa shape index (κ1) is 17.8. The van der Waals surface area contributed by atoms with Crippen LogP contribution in [-0.2, 0) is 27.5 Å². The Morgan fingerprint density at radius 2 is 1.22 bits per heavy atom. The summed E-state index contributed by atoms with van der Waals surface area (Å²) < 4.78 is 35.3. The molecule has 23 heavy (non-hydrogen) atoms. The average Bonchev–Trinajstić information content (AvgIpc) is 3.37. The molecule has 3 atom stereocenters. The molecule has 0 bridgehead atoms. The van der Waals surface area contributed by atoms with Gasteiger partial charge in [0, 0.05) is 12.5 Å². The van der Waals surface area contributed by atoms with Crippen LogP contribution in [0.15, 0.2) is 0 Å². The van der Waals surface area contributed by atoms with Crippen molar-refractivity contribution in [2.45, 2.75) is 30.8 Å². The molecule has 134 valence electrons. The van der Waals surface area contributed by atoms with Gasteiger partial charge >= 0.3 is 8.80 Å². The highest BCUT2D eigenvalue weighted by atomic mass is 28.4. The van der Waals surface area contributed by atoms with E-state index >= 15 is 0 Å². The molecule has 3 rings (SSSR count). The minimum atomic E-state index is -2.71. The summed E-state index contributed by atoms with van der Waals surface area (Å²) >= 11 is 0. The first-order valence-corrected chi connectivity index (χ1v) is 10.4. The van der Waals surface area contributed by atoms with E-state index in [1.54, 1.807) is 0 Å². The molecule has 0 spiro atoms. The van der Waals surface area contributed by atoms with Crippen molar-refractivity contribution in [1.82, 2.24) is 0 Å². The van der Waals surface area contributed by atoms with Crippen LogP contribution in [0, 0.1) is 0 Å². The molecular weight excluding hydrogens is 318 g/mol. The third kappa shape index (κ3) is 7.14. The Morgan fingerprint density at radius 1 is 0.826 bits per heavy atom. The number of quaternary nitrogens is 1. The summed E-state index contributed by atoms with van der Waals surface area (Å²) in [5.74, 6) is 0. The van der Waals surface area contributed by atoms with Crippen molar-refractivity contribution in [3.05, 3.63) is 0 Å². The second kappa shape index (κ2) is 7.45. The lowest BCUT2D eigenvalue weighted by Gasteiger charge is -2.31. The summed E-state index contributed by atoms with van der Waals surface area (Å²) in [5.41, 5.74) is 0. The average molecular weight is 348 g/mol. The zero-order valence-electron chi connectivity index (χ0n) is 14.5. The van der Waals surface area contributed by atoms with Crippen molar-refractivity contribution in [1.29, 1.82) is 0 Å². The second-order valence-electron chi connectivity index (χ2n) is 7.60. The molecule has 0 radical (unpaired) electrons. The second-order valence-corrected chi connectivity index (χ2v) is 10.3. The quantitative estimate of drug-likeness (QED) is 0.270. The third-order valence-electron chi connectivity index (χ3n) is 3.99. The van der Waals surface area contributed by atoms with Crippen LogP contribution < -0.4 is 0 Å². The predicted molar refractivity (Wildman–Crippen MR) is 85.2 cm³/mol. The number of hydrogen-bond acceptors (Lipinski definition) is 6. The Kier molecular flexibility index (Phi) is 5.75. The normalized spacial score (nSPS) is 31.7. The zero-order chi connectivity index (χ0) is 16.3. The summed E-state index contributed by atoms with van der Waals surface area (Å²) in [6.07, 6.45) is 1.64. The summed E-state index contributed by atoms with van der Waals surface area (Å²) in [5, 5.41) is 0. The minimum absolute atomic E-state index is 0.210. The lowest BCUT2D eigenvalue weighted by Crippen LogP contribution is -2.49. The van der Waals surface area contributed by atoms with Gasteiger partial charge in [-0.3, -0.25) is 0 Å². The van der Waals surface area contributed by atoms with Crippen molar-refractivity contribution in [2.24, 2.45) is 0 Å². The van der Waals surface area contributed by atoms with Crippen molar-refractivity contribution >= 4 is 8.80 Å². The van der Waals surface area contributed by atoms with Crippen LogP contribution in [0.3, 0.4) is 0 Å². The smallest absolute Gasteiger partial charge is 0.371 e. The maximum atomic E-state index is 6.18. The molecule has 3 saturated heterocycles. The Bertz CT molecular complexity index is 338. The summed E-state index contributed by atoms with van der Waals surface area (Å²) in [6, 6.07) is 0.828. The molecule has 3 aliphatic rings. The number of ether oxygens (including phenoxy) is 3. The van der Waals surface area contributed by atoms with E-state index in [-0.39, 0.29) is 18.3 Å². The van der Waals surface area contributed by atoms with E-state index in [4.69, 9.17) is 27.5 Å². The molecule has 0 amide bonds. The monoisotopic (exact) mass is 348 g/mol. The van der Waals surface area contributed by atoms with E-state index in [1.165, 1.54) is 0 Å². The molecule has 0 saturated carbocycles. The third-order valence-corrected chi connectivity index (χ3v) is 6.77. The maximum Gasteiger partial charge on any atom is 0.501 e. The van der Waals surface area contributed by atoms with E-state index in [0.717, 1.165) is 43.3 Å². The van der Waals surface area contributed by atoms with Crippen LogP contribution >= 0.6 is 0 Å². The van der Waals surface area contributed by atoms with Gasteiger partial charge in [0.25, 0.3) is 0 Å². The highest BCUT2D eigenvalue weighted by molar-refractivity contribution is 6.60. The van der Waals surface area contributed by atoms with Crippen LogP contribution in [-0.4, -0.2) is 98.9 Å². The van der Waals surface area contributed by atoms with Gasteiger partial charge in [0.2, 0.25) is 0 Å². The number of rotatable bonds is 13. The minimum Gasteiger partial charge on any atom is -0.371 e. The molecule has 0 aromatic carbocycles. The largest absolute Gasteiger partial charge is 0.501 e. The molecule has 7 nitrogen and oxygen atoms in total. The molecule has 0 aliphatic carbocycles. The van der Waals surface area contributed by atoms with E-state index in [0.29, 0.717) is 19.8 Å². The van der Waals surface area contributed by atoms with Crippen LogP contribution in [0.25, 0.3) is 0 Å². The molecular formula is C15H30NO6Si+. The SMILES string of the molecule is C[N+](C)(C)CCC[Si](OCC1CO1)(OCC1CO1)OCC1CO1. The number of epoxide rings is 3. The van der Waals surface area contributed by atoms with Gasteiger partial charge in [-0.1, -0.05) is 0 Å². The van der Waals surface area contributed by atoms with Gasteiger partial charge in [-0.25, -0.2) is 0 Å². The summed E-state index contributed by atoms with van der Waals surface area (Å²) in [4.78, 5) is 0.